The Balaban J connectivity index is 2.77. The number of hydroxylamine groups is 2. The van der Waals surface area contributed by atoms with Crippen LogP contribution in [-0.4, -0.2) is 22.8 Å². The summed E-state index contributed by atoms with van der Waals surface area (Å²) < 4.78 is 0. The number of nitrogens with zero attached hydrogens (tertiary/aromatic N) is 1. The lowest BCUT2D eigenvalue weighted by Crippen LogP contribution is -2.32. The second-order valence-electron chi connectivity index (χ2n) is 2.35. The molecule has 0 aliphatic carbocycles. The Bertz CT molecular complexity index is 292. The summed E-state index contributed by atoms with van der Waals surface area (Å²) in [6.07, 6.45) is 1.12. The van der Waals surface area contributed by atoms with Crippen molar-refractivity contribution in [1.82, 2.24) is 5.06 Å². The molecule has 0 aromatic carbocycles. The van der Waals surface area contributed by atoms with Gasteiger partial charge in [-0.25, -0.2) is 4.79 Å². The molecule has 0 saturated carbocycles. The number of hydrogen-bond donors (Lipinski definition) is 0. The molecule has 0 radical (unpaired) electrons. The molecule has 0 atom stereocenters. The van der Waals surface area contributed by atoms with Crippen LogP contribution in [0.15, 0.2) is 11.6 Å². The molecule has 5 heteroatoms. The van der Waals surface area contributed by atoms with E-state index in [1.807, 2.05) is 0 Å². The SMILES string of the molecule is CC(=O)ON1C(=O)C=C(C)C1=O. The van der Waals surface area contributed by atoms with Gasteiger partial charge in [-0.05, 0) is 6.92 Å². The molecule has 0 unspecified atom stereocenters. The lowest BCUT2D eigenvalue weighted by atomic mass is 10.3. The van der Waals surface area contributed by atoms with Gasteiger partial charge in [0.1, 0.15) is 0 Å². The fourth-order valence-electron chi connectivity index (χ4n) is 0.781. The van der Waals surface area contributed by atoms with Crippen LogP contribution in [0.3, 0.4) is 0 Å². The number of carbonyl (C=O) groups is 3. The highest BCUT2D eigenvalue weighted by Gasteiger charge is 2.31. The Morgan fingerprint density at radius 1 is 1.50 bits per heavy atom. The third kappa shape index (κ3) is 1.34. The third-order valence-corrected chi connectivity index (χ3v) is 1.28. The Labute approximate surface area is 68.5 Å². The molecule has 0 aromatic rings. The standard InChI is InChI=1S/C7H7NO4/c1-4-3-6(10)8(7(4)11)12-5(2)9/h3H,1-2H3. The average molecular weight is 169 g/mol. The van der Waals surface area contributed by atoms with Gasteiger partial charge in [0.2, 0.25) is 0 Å². The van der Waals surface area contributed by atoms with E-state index < -0.39 is 17.8 Å². The highest BCUT2D eigenvalue weighted by atomic mass is 16.7. The van der Waals surface area contributed by atoms with E-state index in [9.17, 15) is 14.4 Å². The van der Waals surface area contributed by atoms with Crippen molar-refractivity contribution in [1.29, 1.82) is 0 Å². The minimum absolute atomic E-state index is 0.265. The maximum absolute atomic E-state index is 11.0. The van der Waals surface area contributed by atoms with Gasteiger partial charge in [-0.2, -0.15) is 0 Å². The third-order valence-electron chi connectivity index (χ3n) is 1.28. The molecule has 1 heterocycles. The first-order valence-electron chi connectivity index (χ1n) is 3.27. The lowest BCUT2D eigenvalue weighted by Gasteiger charge is -2.10. The average Bonchev–Trinajstić information content (AvgIpc) is 2.16. The Kier molecular flexibility index (Phi) is 1.95. The summed E-state index contributed by atoms with van der Waals surface area (Å²) in [6.45, 7) is 2.60. The molecular weight excluding hydrogens is 162 g/mol. The molecule has 5 nitrogen and oxygen atoms in total. The van der Waals surface area contributed by atoms with E-state index in [1.165, 1.54) is 6.92 Å². The summed E-state index contributed by atoms with van der Waals surface area (Å²) in [7, 11) is 0. The zero-order valence-corrected chi connectivity index (χ0v) is 6.66. The molecule has 0 aromatic heterocycles. The van der Waals surface area contributed by atoms with Crippen molar-refractivity contribution in [3.05, 3.63) is 11.6 Å². The molecule has 0 bridgehead atoms. The Morgan fingerprint density at radius 3 is 2.42 bits per heavy atom. The first-order valence-corrected chi connectivity index (χ1v) is 3.27. The van der Waals surface area contributed by atoms with Crippen LogP contribution < -0.4 is 0 Å². The van der Waals surface area contributed by atoms with Crippen LogP contribution in [0, 0.1) is 0 Å². The fraction of sp³-hybridized carbons (Fsp3) is 0.286. The van der Waals surface area contributed by atoms with Crippen LogP contribution >= 0.6 is 0 Å². The van der Waals surface area contributed by atoms with Crippen LogP contribution in [0.1, 0.15) is 13.8 Å². The molecular formula is C7H7NO4. The van der Waals surface area contributed by atoms with Gasteiger partial charge in [0, 0.05) is 18.6 Å². The van der Waals surface area contributed by atoms with Gasteiger partial charge in [-0.15, -0.1) is 0 Å². The molecule has 0 saturated heterocycles. The second kappa shape index (κ2) is 2.77. The van der Waals surface area contributed by atoms with Gasteiger partial charge in [-0.3, -0.25) is 9.59 Å². The highest BCUT2D eigenvalue weighted by Crippen LogP contribution is 2.11. The molecule has 0 spiro atoms. The molecule has 2 amide bonds. The van der Waals surface area contributed by atoms with Crippen molar-refractivity contribution >= 4 is 17.8 Å². The minimum atomic E-state index is -0.695. The van der Waals surface area contributed by atoms with E-state index in [4.69, 9.17) is 0 Å². The van der Waals surface area contributed by atoms with Crippen molar-refractivity contribution in [3.63, 3.8) is 0 Å². The summed E-state index contributed by atoms with van der Waals surface area (Å²) in [5, 5.41) is 0.442. The second-order valence-corrected chi connectivity index (χ2v) is 2.35. The molecule has 0 N–H and O–H groups in total. The zero-order valence-electron chi connectivity index (χ0n) is 6.66. The maximum Gasteiger partial charge on any atom is 0.330 e. The van der Waals surface area contributed by atoms with Crippen molar-refractivity contribution in [3.8, 4) is 0 Å². The minimum Gasteiger partial charge on any atom is -0.330 e. The molecule has 64 valence electrons. The van der Waals surface area contributed by atoms with Gasteiger partial charge < -0.3 is 4.84 Å². The van der Waals surface area contributed by atoms with Crippen molar-refractivity contribution < 1.29 is 19.2 Å². The van der Waals surface area contributed by atoms with E-state index in [2.05, 4.69) is 4.84 Å². The van der Waals surface area contributed by atoms with E-state index in [0.717, 1.165) is 13.0 Å². The number of rotatable bonds is 1. The first-order chi connectivity index (χ1) is 5.52. The van der Waals surface area contributed by atoms with Gasteiger partial charge in [0.15, 0.2) is 0 Å². The van der Waals surface area contributed by atoms with Crippen molar-refractivity contribution in [2.75, 3.05) is 0 Å². The normalized spacial score (nSPS) is 16.5. The fourth-order valence-corrected chi connectivity index (χ4v) is 0.781. The van der Waals surface area contributed by atoms with E-state index in [-0.39, 0.29) is 5.57 Å². The molecule has 1 rings (SSSR count). The lowest BCUT2D eigenvalue weighted by molar-refractivity contribution is -0.194. The number of carbonyl (C=O) groups excluding carboxylic acids is 3. The molecule has 12 heavy (non-hydrogen) atoms. The topological polar surface area (TPSA) is 63.7 Å². The summed E-state index contributed by atoms with van der Waals surface area (Å²) in [6, 6.07) is 0. The van der Waals surface area contributed by atoms with E-state index in [0.29, 0.717) is 5.06 Å². The number of hydrogen-bond acceptors (Lipinski definition) is 4. The quantitative estimate of drug-likeness (QED) is 0.509. The van der Waals surface area contributed by atoms with Crippen LogP contribution in [0.5, 0.6) is 0 Å². The molecule has 0 fully saturated rings. The molecule has 1 aliphatic rings. The van der Waals surface area contributed by atoms with Crippen LogP contribution in [0.25, 0.3) is 0 Å². The summed E-state index contributed by atoms with van der Waals surface area (Å²) >= 11 is 0. The first kappa shape index (κ1) is 8.45. The summed E-state index contributed by atoms with van der Waals surface area (Å²) in [5.41, 5.74) is 0.265. The predicted molar refractivity (Wildman–Crippen MR) is 37.4 cm³/mol. The Hall–Kier alpha value is -1.65. The smallest absolute Gasteiger partial charge is 0.330 e. The monoisotopic (exact) mass is 169 g/mol. The number of imide groups is 1. The zero-order chi connectivity index (χ0) is 9.30. The van der Waals surface area contributed by atoms with Crippen LogP contribution in [0.4, 0.5) is 0 Å². The largest absolute Gasteiger partial charge is 0.330 e. The predicted octanol–water partition coefficient (Wildman–Crippen LogP) is -0.220. The highest BCUT2D eigenvalue weighted by molar-refractivity contribution is 6.15. The van der Waals surface area contributed by atoms with E-state index in [1.54, 1.807) is 0 Å². The maximum atomic E-state index is 11.0. The van der Waals surface area contributed by atoms with Gasteiger partial charge in [0.05, 0.1) is 0 Å². The molecule has 1 aliphatic heterocycles. The Morgan fingerprint density at radius 2 is 2.08 bits per heavy atom. The summed E-state index contributed by atoms with van der Waals surface area (Å²) in [4.78, 5) is 36.6. The van der Waals surface area contributed by atoms with Gasteiger partial charge >= 0.3 is 5.97 Å². The van der Waals surface area contributed by atoms with Gasteiger partial charge in [0.25, 0.3) is 11.8 Å². The van der Waals surface area contributed by atoms with Crippen LogP contribution in [-0.2, 0) is 19.2 Å². The van der Waals surface area contributed by atoms with Crippen molar-refractivity contribution in [2.45, 2.75) is 13.8 Å². The summed E-state index contributed by atoms with van der Waals surface area (Å²) in [5.74, 6) is -1.90. The van der Waals surface area contributed by atoms with Crippen LogP contribution in [0.2, 0.25) is 0 Å². The number of amides is 2. The van der Waals surface area contributed by atoms with E-state index >= 15 is 0 Å². The van der Waals surface area contributed by atoms with Crippen molar-refractivity contribution in [2.24, 2.45) is 0 Å². The van der Waals surface area contributed by atoms with Gasteiger partial charge in [-0.1, -0.05) is 5.06 Å².